The van der Waals surface area contributed by atoms with Gasteiger partial charge in [-0.3, -0.25) is 14.5 Å². The summed E-state index contributed by atoms with van der Waals surface area (Å²) in [5.41, 5.74) is 4.67. The summed E-state index contributed by atoms with van der Waals surface area (Å²) in [6, 6.07) is 21.0. The van der Waals surface area contributed by atoms with Crippen LogP contribution < -0.4 is 0 Å². The molecule has 1 aliphatic heterocycles. The molecule has 0 unspecified atom stereocenters. The number of nitrogens with zero attached hydrogens (tertiary/aromatic N) is 2. The first-order valence-corrected chi connectivity index (χ1v) is 11.2. The van der Waals surface area contributed by atoms with Crippen molar-refractivity contribution in [2.24, 2.45) is 0 Å². The number of ether oxygens (including phenoxy) is 1. The number of hydrogen-bond donors (Lipinski definition) is 0. The van der Waals surface area contributed by atoms with Crippen LogP contribution in [0.25, 0.3) is 11.1 Å². The van der Waals surface area contributed by atoms with Crippen molar-refractivity contribution in [2.45, 2.75) is 18.9 Å². The fourth-order valence-corrected chi connectivity index (χ4v) is 4.43. The third kappa shape index (κ3) is 3.73. The summed E-state index contributed by atoms with van der Waals surface area (Å²) in [5, 5.41) is 0.426. The van der Waals surface area contributed by atoms with E-state index in [0.29, 0.717) is 5.06 Å². The van der Waals surface area contributed by atoms with Gasteiger partial charge in [-0.25, -0.2) is 9.59 Å². The number of carbonyl (C=O) groups excluding carboxylic acids is 4. The van der Waals surface area contributed by atoms with E-state index in [1.807, 2.05) is 48.5 Å². The molecule has 2 aliphatic rings. The Kier molecular flexibility index (Phi) is 5.56. The van der Waals surface area contributed by atoms with Gasteiger partial charge < -0.3 is 9.57 Å². The zero-order valence-corrected chi connectivity index (χ0v) is 19.1. The summed E-state index contributed by atoms with van der Waals surface area (Å²) in [6.07, 6.45) is -0.723. The predicted molar refractivity (Wildman–Crippen MR) is 125 cm³/mol. The minimum absolute atomic E-state index is 0.0946. The topological polar surface area (TPSA) is 93.2 Å². The van der Waals surface area contributed by atoms with Gasteiger partial charge in [0.25, 0.3) is 11.8 Å². The van der Waals surface area contributed by atoms with Gasteiger partial charge in [-0.05, 0) is 41.3 Å². The molecule has 8 nitrogen and oxygen atoms in total. The third-order valence-corrected chi connectivity index (χ3v) is 6.48. The van der Waals surface area contributed by atoms with E-state index in [1.165, 1.54) is 26.1 Å². The highest BCUT2D eigenvalue weighted by Gasteiger charge is 2.40. The molecule has 3 aromatic rings. The summed E-state index contributed by atoms with van der Waals surface area (Å²) < 4.78 is 5.57. The van der Waals surface area contributed by atoms with E-state index in [-0.39, 0.29) is 23.7 Å². The van der Waals surface area contributed by atoms with E-state index in [2.05, 4.69) is 0 Å². The Balaban J connectivity index is 1.23. The second-order valence-corrected chi connectivity index (χ2v) is 8.45. The Morgan fingerprint density at radius 2 is 1.29 bits per heavy atom. The molecule has 5 rings (SSSR count). The first kappa shape index (κ1) is 22.3. The molecule has 3 aromatic carbocycles. The average molecular weight is 470 g/mol. The second kappa shape index (κ2) is 8.72. The third-order valence-electron chi connectivity index (χ3n) is 6.48. The van der Waals surface area contributed by atoms with Crippen molar-refractivity contribution in [3.05, 3.63) is 95.1 Å². The molecule has 3 amide bonds. The predicted octanol–water partition coefficient (Wildman–Crippen LogP) is 4.01. The van der Waals surface area contributed by atoms with E-state index in [1.54, 1.807) is 12.1 Å². The highest BCUT2D eigenvalue weighted by Crippen LogP contribution is 2.44. The van der Waals surface area contributed by atoms with Crippen LogP contribution in [0.4, 0.5) is 4.79 Å². The SMILES string of the molecule is C[C@H](C(=O)ON1C(=O)c2ccccc2C1=O)N(C)C(=O)OCC1c2ccccc2-c2ccccc21. The van der Waals surface area contributed by atoms with E-state index < -0.39 is 29.9 Å². The lowest BCUT2D eigenvalue weighted by Gasteiger charge is -2.25. The highest BCUT2D eigenvalue weighted by molar-refractivity contribution is 6.20. The molecule has 1 aliphatic carbocycles. The molecule has 0 bridgehead atoms. The lowest BCUT2D eigenvalue weighted by molar-refractivity contribution is -0.173. The minimum Gasteiger partial charge on any atom is -0.448 e. The first-order chi connectivity index (χ1) is 16.9. The number of hydroxylamine groups is 2. The van der Waals surface area contributed by atoms with Crippen LogP contribution in [-0.2, 0) is 14.4 Å². The largest absolute Gasteiger partial charge is 0.448 e. The van der Waals surface area contributed by atoms with Crippen molar-refractivity contribution in [1.82, 2.24) is 9.96 Å². The van der Waals surface area contributed by atoms with E-state index in [4.69, 9.17) is 9.57 Å². The van der Waals surface area contributed by atoms with Crippen molar-refractivity contribution in [3.8, 4) is 11.1 Å². The summed E-state index contributed by atoms with van der Waals surface area (Å²) in [4.78, 5) is 56.4. The van der Waals surface area contributed by atoms with Crippen LogP contribution in [0.3, 0.4) is 0 Å². The van der Waals surface area contributed by atoms with E-state index in [9.17, 15) is 19.2 Å². The number of carbonyl (C=O) groups is 4. The van der Waals surface area contributed by atoms with Gasteiger partial charge in [0.15, 0.2) is 0 Å². The average Bonchev–Trinajstić information content (AvgIpc) is 3.33. The van der Waals surface area contributed by atoms with Crippen LogP contribution in [0.1, 0.15) is 44.7 Å². The molecule has 35 heavy (non-hydrogen) atoms. The van der Waals surface area contributed by atoms with Crippen molar-refractivity contribution in [3.63, 3.8) is 0 Å². The molecule has 0 saturated carbocycles. The van der Waals surface area contributed by atoms with Gasteiger partial charge in [-0.1, -0.05) is 65.7 Å². The molecule has 1 heterocycles. The normalized spacial score (nSPS) is 14.7. The fraction of sp³-hybridized carbons (Fsp3) is 0.185. The van der Waals surface area contributed by atoms with Crippen LogP contribution >= 0.6 is 0 Å². The maximum Gasteiger partial charge on any atom is 0.410 e. The zero-order chi connectivity index (χ0) is 24.7. The maximum atomic E-state index is 12.8. The standard InChI is InChI=1S/C27H22N2O6/c1-16(26(32)35-29-24(30)21-13-7-8-14-22(21)25(29)31)28(2)27(33)34-15-23-19-11-5-3-9-17(19)18-10-4-6-12-20(18)23/h3-14,16,23H,15H2,1-2H3/t16-/m1/s1. The van der Waals surface area contributed by atoms with Gasteiger partial charge in [0, 0.05) is 13.0 Å². The Morgan fingerprint density at radius 3 is 1.80 bits per heavy atom. The highest BCUT2D eigenvalue weighted by atomic mass is 16.7. The summed E-state index contributed by atoms with van der Waals surface area (Å²) >= 11 is 0. The Morgan fingerprint density at radius 1 is 0.829 bits per heavy atom. The number of benzene rings is 3. The van der Waals surface area contributed by atoms with Crippen LogP contribution in [0.2, 0.25) is 0 Å². The van der Waals surface area contributed by atoms with Crippen LogP contribution in [0.5, 0.6) is 0 Å². The smallest absolute Gasteiger partial charge is 0.410 e. The molecule has 0 N–H and O–H groups in total. The van der Waals surface area contributed by atoms with Crippen LogP contribution in [-0.4, -0.2) is 53.5 Å². The zero-order valence-electron chi connectivity index (χ0n) is 19.1. The van der Waals surface area contributed by atoms with Crippen LogP contribution in [0, 0.1) is 0 Å². The molecule has 0 radical (unpaired) electrons. The number of rotatable bonds is 5. The molecule has 8 heteroatoms. The van der Waals surface area contributed by atoms with E-state index in [0.717, 1.165) is 27.2 Å². The molecule has 0 aromatic heterocycles. The molecule has 0 fully saturated rings. The minimum atomic E-state index is -1.10. The number of hydrogen-bond acceptors (Lipinski definition) is 6. The van der Waals surface area contributed by atoms with Crippen molar-refractivity contribution >= 4 is 23.9 Å². The van der Waals surface area contributed by atoms with E-state index >= 15 is 0 Å². The van der Waals surface area contributed by atoms with Gasteiger partial charge in [0.1, 0.15) is 12.6 Å². The molecular weight excluding hydrogens is 448 g/mol. The quantitative estimate of drug-likeness (QED) is 0.523. The lowest BCUT2D eigenvalue weighted by atomic mass is 9.98. The molecule has 176 valence electrons. The number of imide groups is 1. The Labute approximate surface area is 201 Å². The molecular formula is C27H22N2O6. The first-order valence-electron chi connectivity index (χ1n) is 11.2. The number of amides is 3. The Bertz CT molecular complexity index is 1290. The number of fused-ring (bicyclic) bond motifs is 4. The van der Waals surface area contributed by atoms with Gasteiger partial charge in [0.05, 0.1) is 11.1 Å². The number of likely N-dealkylation sites (N-methyl/N-ethyl adjacent to an activating group) is 1. The fourth-order valence-electron chi connectivity index (χ4n) is 4.43. The Hall–Kier alpha value is -4.46. The molecule has 0 spiro atoms. The summed E-state index contributed by atoms with van der Waals surface area (Å²) in [7, 11) is 1.40. The lowest BCUT2D eigenvalue weighted by Crippen LogP contribution is -2.45. The van der Waals surface area contributed by atoms with Gasteiger partial charge in [0.2, 0.25) is 0 Å². The summed E-state index contributed by atoms with van der Waals surface area (Å²) in [6.45, 7) is 1.53. The van der Waals surface area contributed by atoms with Gasteiger partial charge >= 0.3 is 12.1 Å². The van der Waals surface area contributed by atoms with Gasteiger partial charge in [-0.2, -0.15) is 0 Å². The molecule has 0 saturated heterocycles. The van der Waals surface area contributed by atoms with Crippen molar-refractivity contribution in [2.75, 3.05) is 13.7 Å². The molecule has 1 atom stereocenters. The van der Waals surface area contributed by atoms with Crippen molar-refractivity contribution in [1.29, 1.82) is 0 Å². The van der Waals surface area contributed by atoms with Crippen LogP contribution in [0.15, 0.2) is 72.8 Å². The summed E-state index contributed by atoms with van der Waals surface area (Å²) in [5.74, 6) is -2.51. The monoisotopic (exact) mass is 470 g/mol. The van der Waals surface area contributed by atoms with Crippen molar-refractivity contribution < 1.29 is 28.8 Å². The second-order valence-electron chi connectivity index (χ2n) is 8.45. The maximum absolute atomic E-state index is 12.8. The van der Waals surface area contributed by atoms with Gasteiger partial charge in [-0.15, -0.1) is 0 Å².